The first-order chi connectivity index (χ1) is 23.5. The summed E-state index contributed by atoms with van der Waals surface area (Å²) >= 11 is 0. The Hall–Kier alpha value is -4.82. The molecule has 5 rings (SSSR count). The number of carbonyl (C=O) groups is 3. The summed E-state index contributed by atoms with van der Waals surface area (Å²) in [6.45, 7) is 5.00. The molecule has 11 nitrogen and oxygen atoms in total. The minimum absolute atomic E-state index is 0.0341. The molecule has 1 saturated heterocycles. The minimum Gasteiger partial charge on any atom is -0.455 e. The zero-order valence-corrected chi connectivity index (χ0v) is 29.4. The number of hydrogen-bond donors (Lipinski definition) is 3. The van der Waals surface area contributed by atoms with Gasteiger partial charge in [-0.05, 0) is 82.0 Å². The highest BCUT2D eigenvalue weighted by Crippen LogP contribution is 2.41. The van der Waals surface area contributed by atoms with Gasteiger partial charge in [0.25, 0.3) is 5.91 Å². The van der Waals surface area contributed by atoms with Gasteiger partial charge in [-0.3, -0.25) is 13.9 Å². The third kappa shape index (κ3) is 7.81. The summed E-state index contributed by atoms with van der Waals surface area (Å²) in [6.07, 6.45) is 1.48. The molecule has 0 spiro atoms. The Morgan fingerprint density at radius 3 is 2.34 bits per heavy atom. The van der Waals surface area contributed by atoms with Crippen molar-refractivity contribution in [3.05, 3.63) is 89.0 Å². The van der Waals surface area contributed by atoms with Crippen LogP contribution >= 0.6 is 0 Å². The van der Waals surface area contributed by atoms with Crippen LogP contribution in [0.2, 0.25) is 0 Å². The lowest BCUT2D eigenvalue weighted by molar-refractivity contribution is -0.124. The summed E-state index contributed by atoms with van der Waals surface area (Å²) in [5.74, 6) is -2.00. The molecule has 2 amide bonds. The van der Waals surface area contributed by atoms with Crippen LogP contribution in [0.3, 0.4) is 0 Å². The number of Topliss-reactive ketones (excluding diaryl/α,β-unsaturated/α-hetero) is 1. The van der Waals surface area contributed by atoms with Crippen LogP contribution in [0.1, 0.15) is 73.6 Å². The van der Waals surface area contributed by atoms with Gasteiger partial charge in [-0.2, -0.15) is 0 Å². The number of sulfonamides is 1. The predicted octanol–water partition coefficient (Wildman–Crippen LogP) is 6.15. The van der Waals surface area contributed by atoms with Gasteiger partial charge in [0.15, 0.2) is 5.78 Å². The van der Waals surface area contributed by atoms with Gasteiger partial charge < -0.3 is 25.1 Å². The van der Waals surface area contributed by atoms with E-state index in [4.69, 9.17) is 9.15 Å². The first-order valence-electron chi connectivity index (χ1n) is 16.0. The number of fused-ring (bicyclic) bond motifs is 1. The quantitative estimate of drug-likeness (QED) is 0.188. The number of alkyl carbamates (subject to hydrolysis) is 1. The lowest BCUT2D eigenvalue weighted by Gasteiger charge is -2.34. The number of furan rings is 1. The van der Waals surface area contributed by atoms with Crippen molar-refractivity contribution in [2.75, 3.05) is 24.7 Å². The van der Waals surface area contributed by atoms with E-state index in [1.165, 1.54) is 62.6 Å². The second kappa shape index (κ2) is 14.2. The van der Waals surface area contributed by atoms with Gasteiger partial charge in [0.05, 0.1) is 23.5 Å². The molecule has 3 N–H and O–H groups in total. The van der Waals surface area contributed by atoms with Crippen LogP contribution in [0.4, 0.5) is 19.3 Å². The molecule has 2 heterocycles. The smallest absolute Gasteiger partial charge is 0.408 e. The summed E-state index contributed by atoms with van der Waals surface area (Å²) in [7, 11) is -0.967. The van der Waals surface area contributed by atoms with Crippen molar-refractivity contribution in [1.82, 2.24) is 16.0 Å². The van der Waals surface area contributed by atoms with Crippen molar-refractivity contribution in [2.24, 2.45) is 0 Å². The van der Waals surface area contributed by atoms with Gasteiger partial charge in [0, 0.05) is 42.7 Å². The molecule has 1 aliphatic rings. The van der Waals surface area contributed by atoms with E-state index < -0.39 is 63.2 Å². The van der Waals surface area contributed by atoms with Crippen molar-refractivity contribution in [3.63, 3.8) is 0 Å². The van der Waals surface area contributed by atoms with Crippen molar-refractivity contribution < 1.29 is 40.7 Å². The highest BCUT2D eigenvalue weighted by molar-refractivity contribution is 7.92. The van der Waals surface area contributed by atoms with Crippen molar-refractivity contribution >= 4 is 44.5 Å². The third-order valence-corrected chi connectivity index (χ3v) is 9.69. The van der Waals surface area contributed by atoms with E-state index in [0.29, 0.717) is 35.8 Å². The van der Waals surface area contributed by atoms with Gasteiger partial charge in [-0.15, -0.1) is 0 Å². The highest BCUT2D eigenvalue weighted by Gasteiger charge is 2.37. The van der Waals surface area contributed by atoms with Crippen LogP contribution in [0.15, 0.2) is 65.1 Å². The Morgan fingerprint density at radius 1 is 1.04 bits per heavy atom. The molecule has 0 radical (unpaired) electrons. The number of hydrogen-bond acceptors (Lipinski definition) is 8. The van der Waals surface area contributed by atoms with Crippen LogP contribution in [-0.4, -0.2) is 58.2 Å². The summed E-state index contributed by atoms with van der Waals surface area (Å²) in [6, 6.07) is 11.3. The maximum atomic E-state index is 15.1. The predicted molar refractivity (Wildman–Crippen MR) is 185 cm³/mol. The molecule has 50 heavy (non-hydrogen) atoms. The molecule has 266 valence electrons. The molecule has 0 bridgehead atoms. The summed E-state index contributed by atoms with van der Waals surface area (Å²) in [4.78, 5) is 40.3. The average Bonchev–Trinajstić information content (AvgIpc) is 3.43. The molecule has 1 aliphatic heterocycles. The number of carbonyl (C=O) groups excluding carboxylic acids is 3. The Balaban J connectivity index is 1.60. The third-order valence-electron chi connectivity index (χ3n) is 8.50. The minimum atomic E-state index is -3.81. The van der Waals surface area contributed by atoms with Gasteiger partial charge >= 0.3 is 6.09 Å². The van der Waals surface area contributed by atoms with E-state index >= 15 is 4.39 Å². The maximum Gasteiger partial charge on any atom is 0.408 e. The van der Waals surface area contributed by atoms with E-state index in [9.17, 15) is 27.2 Å². The van der Waals surface area contributed by atoms with Crippen LogP contribution in [0.25, 0.3) is 22.3 Å². The number of ketones is 1. The van der Waals surface area contributed by atoms with Gasteiger partial charge in [-0.25, -0.2) is 22.0 Å². The number of ether oxygens (including phenoxy) is 1. The average molecular weight is 711 g/mol. The molecule has 14 heteroatoms. The fourth-order valence-corrected chi connectivity index (χ4v) is 6.59. The topological polar surface area (TPSA) is 147 Å². The zero-order valence-electron chi connectivity index (χ0n) is 28.6. The molecule has 3 atom stereocenters. The van der Waals surface area contributed by atoms with Gasteiger partial charge in [0.2, 0.25) is 10.0 Å². The number of halogens is 2. The van der Waals surface area contributed by atoms with Crippen LogP contribution < -0.4 is 20.3 Å². The first kappa shape index (κ1) is 36.5. The molecule has 1 unspecified atom stereocenters. The SMILES string of the molecule is CNC(=O)c1c(-c2ccc(F)cc2)oc2cc(N(C)S(C)(=O)=O)c([C@H]3CCCC(C(=O)[C@H](NC(=O)OC(C)(C)C)c4ccccc4F)N3)cc12. The van der Waals surface area contributed by atoms with E-state index in [1.54, 1.807) is 32.9 Å². The van der Waals surface area contributed by atoms with E-state index in [-0.39, 0.29) is 28.2 Å². The number of benzene rings is 3. The monoisotopic (exact) mass is 710 g/mol. The lowest BCUT2D eigenvalue weighted by Crippen LogP contribution is -2.49. The Bertz CT molecular complexity index is 2040. The summed E-state index contributed by atoms with van der Waals surface area (Å²) < 4.78 is 67.2. The van der Waals surface area contributed by atoms with Crippen molar-refractivity contribution in [3.8, 4) is 11.3 Å². The van der Waals surface area contributed by atoms with Crippen molar-refractivity contribution in [2.45, 2.75) is 63.8 Å². The second-order valence-electron chi connectivity index (χ2n) is 13.2. The number of nitrogens with one attached hydrogen (secondary N) is 3. The van der Waals surface area contributed by atoms with Gasteiger partial charge in [-0.1, -0.05) is 18.2 Å². The van der Waals surface area contributed by atoms with Crippen molar-refractivity contribution in [1.29, 1.82) is 0 Å². The highest BCUT2D eigenvalue weighted by atomic mass is 32.2. The molecular weight excluding hydrogens is 670 g/mol. The Labute approximate surface area is 289 Å². The van der Waals surface area contributed by atoms with Crippen LogP contribution in [0.5, 0.6) is 0 Å². The zero-order chi connectivity index (χ0) is 36.5. The number of anilines is 1. The molecule has 1 aromatic heterocycles. The first-order valence-corrected chi connectivity index (χ1v) is 17.9. The Kier molecular flexibility index (Phi) is 10.4. The van der Waals surface area contributed by atoms with E-state index in [2.05, 4.69) is 16.0 Å². The molecular formula is C36H40F2N4O7S. The number of nitrogens with zero attached hydrogens (tertiary/aromatic N) is 1. The molecule has 0 aliphatic carbocycles. The largest absolute Gasteiger partial charge is 0.455 e. The van der Waals surface area contributed by atoms with Crippen LogP contribution in [-0.2, 0) is 19.6 Å². The summed E-state index contributed by atoms with van der Waals surface area (Å²) in [5, 5.41) is 8.85. The van der Waals surface area contributed by atoms with E-state index in [1.807, 2.05) is 0 Å². The maximum absolute atomic E-state index is 15.1. The fourth-order valence-electron chi connectivity index (χ4n) is 6.08. The number of rotatable bonds is 9. The molecule has 0 saturated carbocycles. The standard InChI is InChI=1S/C36H40F2N4O7S/c1-36(2,3)49-35(45)41-31(22-10-7-8-11-25(22)38)32(43)27-13-9-12-26(40-27)23-18-24-29(19-28(23)42(5)50(6,46)47)48-33(30(24)34(44)39-4)20-14-16-21(37)17-15-20/h7-8,10-11,14-19,26-27,31,40H,9,12-13H2,1-6H3,(H,39,44)(H,41,45)/t26-,27?,31-/m1/s1. The number of piperidine rings is 1. The number of amides is 2. The Morgan fingerprint density at radius 2 is 1.72 bits per heavy atom. The second-order valence-corrected chi connectivity index (χ2v) is 15.2. The molecule has 3 aromatic carbocycles. The molecule has 4 aromatic rings. The summed E-state index contributed by atoms with van der Waals surface area (Å²) in [5.41, 5.74) is 0.592. The normalized spacial score (nSPS) is 17.2. The van der Waals surface area contributed by atoms with Gasteiger partial charge in [0.1, 0.15) is 34.6 Å². The fraction of sp³-hybridized carbons (Fsp3) is 0.361. The lowest BCUT2D eigenvalue weighted by atomic mass is 9.87. The molecule has 1 fully saturated rings. The van der Waals surface area contributed by atoms with Crippen LogP contribution in [0, 0.1) is 11.6 Å². The van der Waals surface area contributed by atoms with E-state index in [0.717, 1.165) is 10.6 Å².